The molecule has 1 aliphatic rings. The van der Waals surface area contributed by atoms with Crippen LogP contribution < -0.4 is 0 Å². The van der Waals surface area contributed by atoms with Crippen LogP contribution in [0, 0.1) is 5.92 Å². The first-order valence-corrected chi connectivity index (χ1v) is 6.20. The van der Waals surface area contributed by atoms with Crippen LogP contribution >= 0.6 is 0 Å². The van der Waals surface area contributed by atoms with Crippen LogP contribution in [0.25, 0.3) is 0 Å². The van der Waals surface area contributed by atoms with E-state index >= 15 is 0 Å². The molecule has 0 bridgehead atoms. The van der Waals surface area contributed by atoms with Crippen LogP contribution in [0.1, 0.15) is 51.3 Å². The Morgan fingerprint density at radius 2 is 2.13 bits per heavy atom. The lowest BCUT2D eigenvalue weighted by Crippen LogP contribution is -1.99. The average molecular weight is 205 g/mol. The summed E-state index contributed by atoms with van der Waals surface area (Å²) in [5.41, 5.74) is 2.81. The van der Waals surface area contributed by atoms with E-state index in [0.29, 0.717) is 0 Å². The Balaban J connectivity index is 0.000000337. The summed E-state index contributed by atoms with van der Waals surface area (Å²) in [7, 11) is 0. The first-order chi connectivity index (χ1) is 7.27. The van der Waals surface area contributed by atoms with Crippen molar-refractivity contribution in [2.24, 2.45) is 5.92 Å². The molecule has 0 fully saturated rings. The van der Waals surface area contributed by atoms with E-state index < -0.39 is 0 Å². The van der Waals surface area contributed by atoms with Crippen LogP contribution in [0.5, 0.6) is 0 Å². The minimum Gasteiger partial charge on any atom is -0.261 e. The van der Waals surface area contributed by atoms with Gasteiger partial charge in [-0.05, 0) is 36.8 Å². The van der Waals surface area contributed by atoms with Gasteiger partial charge in [0.25, 0.3) is 0 Å². The van der Waals surface area contributed by atoms with Crippen LogP contribution in [0.15, 0.2) is 18.3 Å². The molecule has 1 heterocycles. The van der Waals surface area contributed by atoms with E-state index in [2.05, 4.69) is 37.9 Å². The molecule has 1 aliphatic carbocycles. The van der Waals surface area contributed by atoms with E-state index in [0.717, 1.165) is 5.92 Å². The summed E-state index contributed by atoms with van der Waals surface area (Å²) in [6, 6.07) is 4.27. The van der Waals surface area contributed by atoms with Gasteiger partial charge in [0.05, 0.1) is 0 Å². The minimum absolute atomic E-state index is 0.821. The molecule has 0 amide bonds. The van der Waals surface area contributed by atoms with Gasteiger partial charge in [-0.25, -0.2) is 0 Å². The summed E-state index contributed by atoms with van der Waals surface area (Å²) in [6.07, 6.45) is 8.26. The third-order valence-corrected chi connectivity index (χ3v) is 2.67. The molecule has 1 aromatic rings. The van der Waals surface area contributed by atoms with Crippen molar-refractivity contribution in [3.63, 3.8) is 0 Å². The van der Waals surface area contributed by atoms with Gasteiger partial charge in [0.2, 0.25) is 0 Å². The van der Waals surface area contributed by atoms with Crippen molar-refractivity contribution in [2.75, 3.05) is 0 Å². The van der Waals surface area contributed by atoms with Crippen molar-refractivity contribution in [1.82, 2.24) is 4.98 Å². The highest BCUT2D eigenvalue weighted by Crippen LogP contribution is 2.21. The van der Waals surface area contributed by atoms with E-state index in [9.17, 15) is 0 Å². The van der Waals surface area contributed by atoms with Gasteiger partial charge < -0.3 is 0 Å². The van der Waals surface area contributed by atoms with Crippen molar-refractivity contribution in [2.45, 2.75) is 52.9 Å². The van der Waals surface area contributed by atoms with Crippen molar-refractivity contribution < 1.29 is 0 Å². The Kier molecular flexibility index (Phi) is 5.38. The zero-order chi connectivity index (χ0) is 11.1. The molecule has 15 heavy (non-hydrogen) atoms. The lowest BCUT2D eigenvalue weighted by Gasteiger charge is -2.05. The summed E-state index contributed by atoms with van der Waals surface area (Å²) in [5, 5.41) is 0. The molecule has 0 N–H and O–H groups in total. The van der Waals surface area contributed by atoms with Crippen LogP contribution in [-0.2, 0) is 12.8 Å². The minimum atomic E-state index is 0.821. The van der Waals surface area contributed by atoms with Crippen molar-refractivity contribution in [3.05, 3.63) is 29.6 Å². The summed E-state index contributed by atoms with van der Waals surface area (Å²) in [4.78, 5) is 4.43. The van der Waals surface area contributed by atoms with E-state index in [-0.39, 0.29) is 0 Å². The second kappa shape index (κ2) is 6.60. The standard InChI is InChI=1S/C11H15N.C3H8/c1-9-4-2-5-10-6-3-7-12-11(10)8-9;1-3-2/h3,6-7,9H,2,4-5,8H2,1H3;3H2,1-2H3. The highest BCUT2D eigenvalue weighted by molar-refractivity contribution is 5.21. The molecule has 0 spiro atoms. The smallest absolute Gasteiger partial charge is 0.0438 e. The van der Waals surface area contributed by atoms with Crippen molar-refractivity contribution >= 4 is 0 Å². The number of aromatic nitrogens is 1. The molecular weight excluding hydrogens is 182 g/mol. The molecule has 0 aliphatic heterocycles. The molecule has 1 unspecified atom stereocenters. The predicted molar refractivity (Wildman–Crippen MR) is 66.0 cm³/mol. The second-order valence-electron chi connectivity index (χ2n) is 4.52. The Labute approximate surface area is 93.9 Å². The fourth-order valence-corrected chi connectivity index (χ4v) is 1.96. The van der Waals surface area contributed by atoms with Crippen LogP contribution in [0.4, 0.5) is 0 Å². The number of fused-ring (bicyclic) bond motifs is 1. The summed E-state index contributed by atoms with van der Waals surface area (Å²) < 4.78 is 0. The van der Waals surface area contributed by atoms with E-state index in [1.165, 1.54) is 43.4 Å². The van der Waals surface area contributed by atoms with Crippen LogP contribution in [0.3, 0.4) is 0 Å². The van der Waals surface area contributed by atoms with E-state index in [4.69, 9.17) is 0 Å². The summed E-state index contributed by atoms with van der Waals surface area (Å²) in [5.74, 6) is 0.821. The van der Waals surface area contributed by atoms with Crippen LogP contribution in [-0.4, -0.2) is 4.98 Å². The molecular formula is C14H23N. The fourth-order valence-electron chi connectivity index (χ4n) is 1.96. The predicted octanol–water partition coefficient (Wildman–Crippen LogP) is 4.01. The molecule has 1 nitrogen and oxygen atoms in total. The van der Waals surface area contributed by atoms with Gasteiger partial charge in [0, 0.05) is 11.9 Å². The maximum Gasteiger partial charge on any atom is 0.0438 e. The fraction of sp³-hybridized carbons (Fsp3) is 0.643. The first-order valence-electron chi connectivity index (χ1n) is 6.20. The largest absolute Gasteiger partial charge is 0.261 e. The Morgan fingerprint density at radius 3 is 2.87 bits per heavy atom. The monoisotopic (exact) mass is 205 g/mol. The molecule has 1 aromatic heterocycles. The van der Waals surface area contributed by atoms with Crippen molar-refractivity contribution in [3.8, 4) is 0 Å². The molecule has 0 radical (unpaired) electrons. The van der Waals surface area contributed by atoms with E-state index in [1.54, 1.807) is 0 Å². The molecule has 0 saturated carbocycles. The maximum atomic E-state index is 4.43. The van der Waals surface area contributed by atoms with Gasteiger partial charge in [-0.1, -0.05) is 39.7 Å². The van der Waals surface area contributed by atoms with Gasteiger partial charge in [0.1, 0.15) is 0 Å². The third-order valence-electron chi connectivity index (χ3n) is 2.67. The van der Waals surface area contributed by atoms with Gasteiger partial charge in [-0.3, -0.25) is 4.98 Å². The summed E-state index contributed by atoms with van der Waals surface area (Å²) >= 11 is 0. The normalized spacial score (nSPS) is 19.5. The SMILES string of the molecule is CC1CCCc2cccnc2C1.CCC. The number of pyridine rings is 1. The van der Waals surface area contributed by atoms with E-state index in [1.807, 2.05) is 6.20 Å². The lowest BCUT2D eigenvalue weighted by atomic mass is 10.0. The first kappa shape index (κ1) is 12.2. The molecule has 0 saturated heterocycles. The Morgan fingerprint density at radius 1 is 1.40 bits per heavy atom. The van der Waals surface area contributed by atoms with Crippen LogP contribution in [0.2, 0.25) is 0 Å². The summed E-state index contributed by atoms with van der Waals surface area (Å²) in [6.45, 7) is 6.57. The lowest BCUT2D eigenvalue weighted by molar-refractivity contribution is 0.523. The van der Waals surface area contributed by atoms with Crippen molar-refractivity contribution in [1.29, 1.82) is 0 Å². The number of hydrogen-bond donors (Lipinski definition) is 0. The Hall–Kier alpha value is -0.850. The average Bonchev–Trinajstić information content (AvgIpc) is 2.39. The molecule has 1 heteroatoms. The zero-order valence-corrected chi connectivity index (χ0v) is 10.3. The highest BCUT2D eigenvalue weighted by atomic mass is 14.7. The zero-order valence-electron chi connectivity index (χ0n) is 10.3. The third kappa shape index (κ3) is 4.03. The topological polar surface area (TPSA) is 12.9 Å². The molecule has 0 aromatic carbocycles. The van der Waals surface area contributed by atoms with Gasteiger partial charge in [-0.15, -0.1) is 0 Å². The quantitative estimate of drug-likeness (QED) is 0.583. The molecule has 1 atom stereocenters. The van der Waals surface area contributed by atoms with Gasteiger partial charge in [-0.2, -0.15) is 0 Å². The molecule has 84 valence electrons. The maximum absolute atomic E-state index is 4.43. The number of rotatable bonds is 0. The number of aryl methyl sites for hydroxylation is 1. The second-order valence-corrected chi connectivity index (χ2v) is 4.52. The number of hydrogen-bond acceptors (Lipinski definition) is 1. The van der Waals surface area contributed by atoms with Gasteiger partial charge in [0.15, 0.2) is 0 Å². The highest BCUT2D eigenvalue weighted by Gasteiger charge is 2.12. The molecule has 2 rings (SSSR count). The number of nitrogens with zero attached hydrogens (tertiary/aromatic N) is 1. The van der Waals surface area contributed by atoms with Gasteiger partial charge >= 0.3 is 0 Å². The Bertz CT molecular complexity index is 280.